The molecule has 3 aliphatic heterocycles. The molecule has 3 aliphatic rings. The quantitative estimate of drug-likeness (QED) is 0.404. The normalized spacial score (nSPS) is 22.1. The molecule has 9 nitrogen and oxygen atoms in total. The molecule has 196 valence electrons. The van der Waals surface area contributed by atoms with Gasteiger partial charge in [0.05, 0.1) is 17.4 Å². The van der Waals surface area contributed by atoms with Gasteiger partial charge in [0.15, 0.2) is 12.1 Å². The number of aryl methyl sites for hydroxylation is 2. The Kier molecular flexibility index (Phi) is 6.34. The molecule has 6 rings (SSSR count). The van der Waals surface area contributed by atoms with Crippen LogP contribution < -0.4 is 4.90 Å². The second kappa shape index (κ2) is 9.85. The number of carbonyl (C=O) groups excluding carboxylic acids is 3. The molecule has 0 aromatic heterocycles. The number of nitrogens with zero attached hydrogens (tertiary/aromatic N) is 6. The van der Waals surface area contributed by atoms with Gasteiger partial charge < -0.3 is 0 Å². The Labute approximate surface area is 233 Å². The van der Waals surface area contributed by atoms with E-state index >= 15 is 0 Å². The van der Waals surface area contributed by atoms with E-state index in [-0.39, 0.29) is 18.5 Å². The molecule has 0 N–H and O–H groups in total. The number of para-hydroxylation sites is 1. The molecular weight excluding hydrogens is 560 g/mol. The van der Waals surface area contributed by atoms with Crippen LogP contribution in [0.15, 0.2) is 92.7 Å². The highest BCUT2D eigenvalue weighted by Gasteiger charge is 2.55. The van der Waals surface area contributed by atoms with Crippen LogP contribution in [0.4, 0.5) is 5.69 Å². The standard InChI is InChI=1S/C29H25BrN6O3/c1-17-7-6-8-18(2)26(17)35-28(38)25-27(29(35)39)34(33-31-25)16-24(37)36-23(20-9-4-3-5-10-20)15-22(32-36)19-11-13-21(30)14-12-19/h3-14,23,25,27H,15-16H2,1-2H3/t23-,25-,27+/m0/s1. The van der Waals surface area contributed by atoms with Crippen LogP contribution in [0.5, 0.6) is 0 Å². The van der Waals surface area contributed by atoms with Crippen molar-refractivity contribution in [3.63, 3.8) is 0 Å². The first kappa shape index (κ1) is 25.1. The minimum absolute atomic E-state index is 0.231. The van der Waals surface area contributed by atoms with Gasteiger partial charge in [-0.25, -0.2) is 9.91 Å². The van der Waals surface area contributed by atoms with Gasteiger partial charge in [0, 0.05) is 10.9 Å². The number of carbonyl (C=O) groups is 3. The summed E-state index contributed by atoms with van der Waals surface area (Å²) < 4.78 is 0.956. The van der Waals surface area contributed by atoms with Crippen molar-refractivity contribution < 1.29 is 14.4 Å². The Morgan fingerprint density at radius 1 is 0.923 bits per heavy atom. The molecule has 0 bridgehead atoms. The van der Waals surface area contributed by atoms with Crippen LogP contribution in [0.1, 0.15) is 34.7 Å². The van der Waals surface area contributed by atoms with Gasteiger partial charge in [0.25, 0.3) is 17.7 Å². The molecule has 3 amide bonds. The summed E-state index contributed by atoms with van der Waals surface area (Å²) in [7, 11) is 0. The molecule has 0 aliphatic carbocycles. The van der Waals surface area contributed by atoms with E-state index in [1.54, 1.807) is 0 Å². The minimum atomic E-state index is -0.977. The minimum Gasteiger partial charge on any atom is -0.271 e. The summed E-state index contributed by atoms with van der Waals surface area (Å²) >= 11 is 3.46. The zero-order valence-corrected chi connectivity index (χ0v) is 22.9. The molecule has 0 radical (unpaired) electrons. The van der Waals surface area contributed by atoms with Crippen molar-refractivity contribution in [2.45, 2.75) is 38.4 Å². The number of hydrogen-bond acceptors (Lipinski definition) is 7. The molecular formula is C29H25BrN6O3. The summed E-state index contributed by atoms with van der Waals surface area (Å²) in [5, 5.41) is 15.7. The summed E-state index contributed by atoms with van der Waals surface area (Å²) in [4.78, 5) is 41.7. The van der Waals surface area contributed by atoms with Crippen molar-refractivity contribution in [2.24, 2.45) is 15.4 Å². The molecule has 0 spiro atoms. The molecule has 10 heteroatoms. The maximum atomic E-state index is 13.7. The van der Waals surface area contributed by atoms with E-state index in [0.717, 1.165) is 32.4 Å². The molecule has 1 fully saturated rings. The fraction of sp³-hybridized carbons (Fsp3) is 0.241. The number of benzene rings is 3. The second-order valence-electron chi connectivity index (χ2n) is 9.87. The van der Waals surface area contributed by atoms with Crippen molar-refractivity contribution in [1.82, 2.24) is 10.0 Å². The number of anilines is 1. The number of imide groups is 1. The van der Waals surface area contributed by atoms with E-state index in [1.165, 1.54) is 14.9 Å². The van der Waals surface area contributed by atoms with Gasteiger partial charge in [-0.2, -0.15) is 10.2 Å². The Morgan fingerprint density at radius 3 is 2.31 bits per heavy atom. The second-order valence-corrected chi connectivity index (χ2v) is 10.8. The third-order valence-corrected chi connectivity index (χ3v) is 7.87. The fourth-order valence-corrected chi connectivity index (χ4v) is 5.70. The molecule has 0 unspecified atom stereocenters. The van der Waals surface area contributed by atoms with E-state index in [1.807, 2.05) is 86.6 Å². The van der Waals surface area contributed by atoms with E-state index in [4.69, 9.17) is 5.10 Å². The summed E-state index contributed by atoms with van der Waals surface area (Å²) in [6, 6.07) is 20.9. The largest absolute Gasteiger partial charge is 0.271 e. The Morgan fingerprint density at radius 2 is 1.62 bits per heavy atom. The number of rotatable bonds is 5. The highest BCUT2D eigenvalue weighted by molar-refractivity contribution is 9.10. The molecule has 1 saturated heterocycles. The molecule has 3 atom stereocenters. The molecule has 3 aromatic carbocycles. The molecule has 3 heterocycles. The number of amides is 3. The predicted octanol–water partition coefficient (Wildman–Crippen LogP) is 4.74. The zero-order valence-electron chi connectivity index (χ0n) is 21.4. The highest BCUT2D eigenvalue weighted by Crippen LogP contribution is 2.37. The number of fused-ring (bicyclic) bond motifs is 1. The van der Waals surface area contributed by atoms with Gasteiger partial charge in [0.1, 0.15) is 6.54 Å². The lowest BCUT2D eigenvalue weighted by Crippen LogP contribution is -2.45. The van der Waals surface area contributed by atoms with Crippen molar-refractivity contribution in [1.29, 1.82) is 0 Å². The average molecular weight is 585 g/mol. The average Bonchev–Trinajstić information content (AvgIpc) is 3.62. The Bertz CT molecular complexity index is 1520. The van der Waals surface area contributed by atoms with Crippen LogP contribution in [0.3, 0.4) is 0 Å². The van der Waals surface area contributed by atoms with Crippen LogP contribution in [0.2, 0.25) is 0 Å². The van der Waals surface area contributed by atoms with Gasteiger partial charge in [-0.15, -0.1) is 0 Å². The maximum Gasteiger partial charge on any atom is 0.264 e. The molecule has 0 saturated carbocycles. The third kappa shape index (κ3) is 4.34. The van der Waals surface area contributed by atoms with Gasteiger partial charge in [-0.3, -0.25) is 19.4 Å². The first-order valence-electron chi connectivity index (χ1n) is 12.7. The van der Waals surface area contributed by atoms with Gasteiger partial charge in [-0.1, -0.05) is 81.8 Å². The lowest BCUT2D eigenvalue weighted by atomic mass is 9.98. The number of hydrogen-bond donors (Lipinski definition) is 0. The van der Waals surface area contributed by atoms with Crippen LogP contribution in [0, 0.1) is 13.8 Å². The third-order valence-electron chi connectivity index (χ3n) is 7.35. The Balaban J connectivity index is 1.27. The van der Waals surface area contributed by atoms with Crippen LogP contribution in [0.25, 0.3) is 0 Å². The van der Waals surface area contributed by atoms with Gasteiger partial charge >= 0.3 is 0 Å². The van der Waals surface area contributed by atoms with E-state index in [0.29, 0.717) is 12.1 Å². The Hall–Kier alpha value is -4.18. The zero-order chi connectivity index (χ0) is 27.3. The summed E-state index contributed by atoms with van der Waals surface area (Å²) in [6.45, 7) is 3.49. The van der Waals surface area contributed by atoms with Gasteiger partial charge in [-0.05, 0) is 48.2 Å². The first-order valence-corrected chi connectivity index (χ1v) is 13.4. The maximum absolute atomic E-state index is 13.7. The fourth-order valence-electron chi connectivity index (χ4n) is 5.44. The summed E-state index contributed by atoms with van der Waals surface area (Å²) in [6.07, 6.45) is 0.544. The monoisotopic (exact) mass is 584 g/mol. The first-order chi connectivity index (χ1) is 18.8. The topological polar surface area (TPSA) is 98.0 Å². The summed E-state index contributed by atoms with van der Waals surface area (Å²) in [5.41, 5.74) is 4.87. The number of halogens is 1. The van der Waals surface area contributed by atoms with Crippen molar-refractivity contribution in [2.75, 3.05) is 11.4 Å². The lowest BCUT2D eigenvalue weighted by Gasteiger charge is -2.26. The van der Waals surface area contributed by atoms with E-state index in [9.17, 15) is 14.4 Å². The smallest absolute Gasteiger partial charge is 0.264 e. The highest BCUT2D eigenvalue weighted by atomic mass is 79.9. The number of hydrazone groups is 1. The lowest BCUT2D eigenvalue weighted by molar-refractivity contribution is -0.135. The van der Waals surface area contributed by atoms with Gasteiger partial charge in [0.2, 0.25) is 0 Å². The predicted molar refractivity (Wildman–Crippen MR) is 149 cm³/mol. The van der Waals surface area contributed by atoms with Crippen molar-refractivity contribution in [3.05, 3.63) is 99.5 Å². The molecule has 39 heavy (non-hydrogen) atoms. The van der Waals surface area contributed by atoms with Crippen molar-refractivity contribution in [3.8, 4) is 0 Å². The SMILES string of the molecule is Cc1cccc(C)c1N1C(=O)[C@H]2N=NN(CC(=O)N3N=C(c4ccc(Br)cc4)C[C@H]3c3ccccc3)[C@H]2C1=O. The molecule has 3 aromatic rings. The van der Waals surface area contributed by atoms with Crippen LogP contribution in [-0.4, -0.2) is 52.1 Å². The van der Waals surface area contributed by atoms with Crippen LogP contribution >= 0.6 is 15.9 Å². The van der Waals surface area contributed by atoms with Crippen LogP contribution in [-0.2, 0) is 14.4 Å². The summed E-state index contributed by atoms with van der Waals surface area (Å²) in [5.74, 6) is -1.19. The van der Waals surface area contributed by atoms with Crippen molar-refractivity contribution >= 4 is 45.1 Å². The van der Waals surface area contributed by atoms with E-state index < -0.39 is 23.9 Å². The van der Waals surface area contributed by atoms with E-state index in [2.05, 4.69) is 26.3 Å².